The summed E-state index contributed by atoms with van der Waals surface area (Å²) in [5, 5.41) is 31.1. The second-order valence-corrected chi connectivity index (χ2v) is 8.85. The van der Waals surface area contributed by atoms with Crippen LogP contribution in [0.3, 0.4) is 0 Å². The molecule has 2 aromatic carbocycles. The summed E-state index contributed by atoms with van der Waals surface area (Å²) in [5.74, 6) is 0. The van der Waals surface area contributed by atoms with E-state index in [0.29, 0.717) is 33.7 Å². The number of nitrogens with one attached hydrogen (secondary N) is 2. The fourth-order valence-corrected chi connectivity index (χ4v) is 4.72. The smallest absolute Gasteiger partial charge is 0.171 e. The highest BCUT2D eigenvalue weighted by Gasteiger charge is 2.47. The molecule has 1 aliphatic heterocycles. The number of halogens is 2. The molecule has 29 heavy (non-hydrogen) atoms. The van der Waals surface area contributed by atoms with Crippen LogP contribution in [-0.4, -0.2) is 20.9 Å². The molecule has 2 aromatic rings. The Hall–Kier alpha value is -1.63. The van der Waals surface area contributed by atoms with Crippen molar-refractivity contribution in [1.82, 2.24) is 10.6 Å². The van der Waals surface area contributed by atoms with Crippen molar-refractivity contribution in [2.45, 2.75) is 43.4 Å². The zero-order chi connectivity index (χ0) is 20.6. The molecule has 3 atom stereocenters. The van der Waals surface area contributed by atoms with Crippen LogP contribution >= 0.6 is 35.4 Å². The molecular weight excluding hydrogens is 427 g/mol. The summed E-state index contributed by atoms with van der Waals surface area (Å²) in [6.45, 7) is 0. The van der Waals surface area contributed by atoms with E-state index in [0.717, 1.165) is 29.5 Å². The quantitative estimate of drug-likeness (QED) is 0.507. The first-order valence-electron chi connectivity index (χ1n) is 9.61. The molecule has 1 aliphatic carbocycles. The number of benzene rings is 2. The second kappa shape index (κ2) is 8.25. The standard InChI is InChI=1S/C22H22Cl2N2O2S/c23-15-8-4-13(5-9-15)18(27)17-3-1-2-12-22(28)19(25-21(29)26-20(17)22)14-6-10-16(24)11-7-14/h4-11,18-19,27-28H,1-3,12H2,(H2,25,26,29). The molecule has 0 aromatic heterocycles. The number of hydrogen-bond acceptors (Lipinski definition) is 3. The zero-order valence-electron chi connectivity index (χ0n) is 15.7. The lowest BCUT2D eigenvalue weighted by molar-refractivity contribution is 0.0214. The molecule has 0 spiro atoms. The Labute approximate surface area is 185 Å². The van der Waals surface area contributed by atoms with Crippen LogP contribution in [0.4, 0.5) is 0 Å². The summed E-state index contributed by atoms with van der Waals surface area (Å²) >= 11 is 17.5. The molecule has 1 saturated heterocycles. The minimum Gasteiger partial charge on any atom is -0.384 e. The third kappa shape index (κ3) is 4.03. The molecule has 0 amide bonds. The van der Waals surface area contributed by atoms with Crippen molar-refractivity contribution in [2.75, 3.05) is 0 Å². The molecule has 1 fully saturated rings. The Morgan fingerprint density at radius 2 is 1.62 bits per heavy atom. The highest BCUT2D eigenvalue weighted by atomic mass is 35.5. The Bertz CT molecular complexity index is 946. The van der Waals surface area contributed by atoms with Gasteiger partial charge in [0.1, 0.15) is 11.7 Å². The van der Waals surface area contributed by atoms with Crippen LogP contribution in [0, 0.1) is 0 Å². The summed E-state index contributed by atoms with van der Waals surface area (Å²) in [6.07, 6.45) is 2.07. The summed E-state index contributed by atoms with van der Waals surface area (Å²) in [7, 11) is 0. The van der Waals surface area contributed by atoms with Gasteiger partial charge in [0.25, 0.3) is 0 Å². The van der Waals surface area contributed by atoms with Gasteiger partial charge >= 0.3 is 0 Å². The van der Waals surface area contributed by atoms with Crippen molar-refractivity contribution in [1.29, 1.82) is 0 Å². The molecular formula is C22H22Cl2N2O2S. The fraction of sp³-hybridized carbons (Fsp3) is 0.318. The van der Waals surface area contributed by atoms with Crippen LogP contribution in [0.15, 0.2) is 59.8 Å². The summed E-state index contributed by atoms with van der Waals surface area (Å²) in [6, 6.07) is 14.1. The first-order valence-corrected chi connectivity index (χ1v) is 10.8. The first-order chi connectivity index (χ1) is 13.9. The van der Waals surface area contributed by atoms with Gasteiger partial charge in [-0.1, -0.05) is 47.5 Å². The number of aliphatic hydroxyl groups excluding tert-OH is 1. The maximum atomic E-state index is 11.9. The van der Waals surface area contributed by atoms with Crippen molar-refractivity contribution >= 4 is 40.5 Å². The number of fused-ring (bicyclic) bond motifs is 1. The minimum atomic E-state index is -1.23. The SMILES string of the molecule is OC(C1=C2NC(=S)NC(c3ccc(Cl)cc3)C2(O)CCCC1)c1ccc(Cl)cc1. The summed E-state index contributed by atoms with van der Waals surface area (Å²) in [4.78, 5) is 0. The van der Waals surface area contributed by atoms with Gasteiger partial charge < -0.3 is 20.8 Å². The van der Waals surface area contributed by atoms with Crippen molar-refractivity contribution in [3.8, 4) is 0 Å². The van der Waals surface area contributed by atoms with E-state index < -0.39 is 17.7 Å². The van der Waals surface area contributed by atoms with Gasteiger partial charge in [0, 0.05) is 10.0 Å². The topological polar surface area (TPSA) is 64.5 Å². The molecule has 152 valence electrons. The second-order valence-electron chi connectivity index (χ2n) is 7.57. The van der Waals surface area contributed by atoms with Crippen molar-refractivity contribution in [3.05, 3.63) is 81.0 Å². The molecule has 2 aliphatic rings. The van der Waals surface area contributed by atoms with Gasteiger partial charge in [-0.15, -0.1) is 0 Å². The zero-order valence-corrected chi connectivity index (χ0v) is 18.0. The average Bonchev–Trinajstić information content (AvgIpc) is 2.87. The van der Waals surface area contributed by atoms with Gasteiger partial charge in [0.2, 0.25) is 0 Å². The van der Waals surface area contributed by atoms with E-state index in [1.54, 1.807) is 36.4 Å². The minimum absolute atomic E-state index is 0.423. The van der Waals surface area contributed by atoms with E-state index in [-0.39, 0.29) is 0 Å². The molecule has 4 rings (SSSR count). The first kappa shape index (κ1) is 20.6. The molecule has 1 heterocycles. The maximum Gasteiger partial charge on any atom is 0.171 e. The summed E-state index contributed by atoms with van der Waals surface area (Å²) in [5.41, 5.74) is 1.75. The Balaban J connectivity index is 1.81. The molecule has 7 heteroatoms. The maximum absolute atomic E-state index is 11.9. The number of rotatable bonds is 3. The monoisotopic (exact) mass is 448 g/mol. The molecule has 3 unspecified atom stereocenters. The van der Waals surface area contributed by atoms with E-state index >= 15 is 0 Å². The Morgan fingerprint density at radius 1 is 1.00 bits per heavy atom. The van der Waals surface area contributed by atoms with Crippen molar-refractivity contribution in [2.24, 2.45) is 0 Å². The van der Waals surface area contributed by atoms with Crippen molar-refractivity contribution in [3.63, 3.8) is 0 Å². The van der Waals surface area contributed by atoms with Gasteiger partial charge in [-0.3, -0.25) is 0 Å². The highest BCUT2D eigenvalue weighted by Crippen LogP contribution is 2.45. The van der Waals surface area contributed by atoms with Crippen LogP contribution in [0.5, 0.6) is 0 Å². The van der Waals surface area contributed by atoms with Crippen molar-refractivity contribution < 1.29 is 10.2 Å². The van der Waals surface area contributed by atoms with Crippen LogP contribution in [-0.2, 0) is 0 Å². The fourth-order valence-electron chi connectivity index (χ4n) is 4.25. The van der Waals surface area contributed by atoms with Crippen LogP contribution in [0.25, 0.3) is 0 Å². The molecule has 0 bridgehead atoms. The summed E-state index contributed by atoms with van der Waals surface area (Å²) < 4.78 is 0. The lowest BCUT2D eigenvalue weighted by Crippen LogP contribution is -2.59. The number of thiocarbonyl (C=S) groups is 1. The Morgan fingerprint density at radius 3 is 2.28 bits per heavy atom. The number of aliphatic hydroxyl groups is 2. The third-order valence-electron chi connectivity index (χ3n) is 5.72. The van der Waals surface area contributed by atoms with Crippen LogP contribution in [0.2, 0.25) is 10.0 Å². The van der Waals surface area contributed by atoms with Gasteiger partial charge in [-0.25, -0.2) is 0 Å². The van der Waals surface area contributed by atoms with E-state index in [4.69, 9.17) is 35.4 Å². The van der Waals surface area contributed by atoms with E-state index in [1.165, 1.54) is 0 Å². The van der Waals surface area contributed by atoms with Gasteiger partial charge in [-0.05, 0) is 78.9 Å². The van der Waals surface area contributed by atoms with E-state index in [9.17, 15) is 10.2 Å². The normalized spacial score (nSPS) is 25.5. The average molecular weight is 449 g/mol. The molecule has 4 nitrogen and oxygen atoms in total. The van der Waals surface area contributed by atoms with E-state index in [1.807, 2.05) is 12.1 Å². The van der Waals surface area contributed by atoms with Crippen LogP contribution < -0.4 is 10.6 Å². The highest BCUT2D eigenvalue weighted by molar-refractivity contribution is 7.80. The lowest BCUT2D eigenvalue weighted by Gasteiger charge is -2.44. The van der Waals surface area contributed by atoms with Gasteiger partial charge in [0.15, 0.2) is 5.11 Å². The largest absolute Gasteiger partial charge is 0.384 e. The molecule has 0 radical (unpaired) electrons. The van der Waals surface area contributed by atoms with Gasteiger partial charge in [0.05, 0.1) is 11.7 Å². The van der Waals surface area contributed by atoms with Crippen LogP contribution in [0.1, 0.15) is 49.0 Å². The number of hydrogen-bond donors (Lipinski definition) is 4. The molecule has 4 N–H and O–H groups in total. The lowest BCUT2D eigenvalue weighted by atomic mass is 9.79. The molecule has 0 saturated carbocycles. The van der Waals surface area contributed by atoms with E-state index in [2.05, 4.69) is 10.6 Å². The Kier molecular flexibility index (Phi) is 5.87. The van der Waals surface area contributed by atoms with Gasteiger partial charge in [-0.2, -0.15) is 0 Å². The third-order valence-corrected chi connectivity index (χ3v) is 6.44. The predicted molar refractivity (Wildman–Crippen MR) is 120 cm³/mol. The predicted octanol–water partition coefficient (Wildman–Crippen LogP) is 4.81.